The van der Waals surface area contributed by atoms with Crippen LogP contribution in [0.2, 0.25) is 0 Å². The first-order valence-corrected chi connectivity index (χ1v) is 6.90. The maximum Gasteiger partial charge on any atom is 0.253 e. The van der Waals surface area contributed by atoms with Crippen LogP contribution in [0.15, 0.2) is 24.3 Å². The number of hydrogen-bond acceptors (Lipinski definition) is 3. The van der Waals surface area contributed by atoms with Crippen molar-refractivity contribution in [2.45, 2.75) is 26.8 Å². The van der Waals surface area contributed by atoms with Crippen LogP contribution in [-0.2, 0) is 4.79 Å². The third-order valence-corrected chi connectivity index (χ3v) is 3.28. The predicted molar refractivity (Wildman–Crippen MR) is 80.8 cm³/mol. The molecule has 5 nitrogen and oxygen atoms in total. The molecule has 0 heterocycles. The molecule has 110 valence electrons. The molecule has 0 spiro atoms. The molecule has 5 heteroatoms. The Morgan fingerprint density at radius 3 is 2.15 bits per heavy atom. The van der Waals surface area contributed by atoms with Gasteiger partial charge in [0.1, 0.15) is 0 Å². The second-order valence-electron chi connectivity index (χ2n) is 4.55. The SMILES string of the molecule is CCN(CC)C(=O)c1ccc(NC(=O)C(C)NC)cc1. The van der Waals surface area contributed by atoms with Crippen molar-refractivity contribution >= 4 is 17.5 Å². The van der Waals surface area contributed by atoms with E-state index in [1.165, 1.54) is 0 Å². The van der Waals surface area contributed by atoms with Crippen molar-refractivity contribution in [1.29, 1.82) is 0 Å². The number of anilines is 1. The molecule has 0 fully saturated rings. The average molecular weight is 277 g/mol. The van der Waals surface area contributed by atoms with E-state index in [4.69, 9.17) is 0 Å². The molecule has 1 aromatic rings. The van der Waals surface area contributed by atoms with E-state index < -0.39 is 0 Å². The first-order chi connectivity index (χ1) is 9.53. The lowest BCUT2D eigenvalue weighted by atomic mass is 10.1. The molecule has 0 aliphatic rings. The summed E-state index contributed by atoms with van der Waals surface area (Å²) in [4.78, 5) is 25.6. The Labute approximate surface area is 120 Å². The van der Waals surface area contributed by atoms with Crippen molar-refractivity contribution in [3.8, 4) is 0 Å². The molecule has 1 atom stereocenters. The first-order valence-electron chi connectivity index (χ1n) is 6.90. The number of amides is 2. The van der Waals surface area contributed by atoms with Gasteiger partial charge in [0.05, 0.1) is 6.04 Å². The third-order valence-electron chi connectivity index (χ3n) is 3.28. The molecule has 1 rings (SSSR count). The smallest absolute Gasteiger partial charge is 0.253 e. The van der Waals surface area contributed by atoms with Crippen LogP contribution in [0.25, 0.3) is 0 Å². The van der Waals surface area contributed by atoms with Gasteiger partial charge in [-0.15, -0.1) is 0 Å². The number of nitrogens with one attached hydrogen (secondary N) is 2. The van der Waals surface area contributed by atoms with Crippen LogP contribution in [0.4, 0.5) is 5.69 Å². The average Bonchev–Trinajstić information content (AvgIpc) is 2.48. The van der Waals surface area contributed by atoms with Crippen LogP contribution >= 0.6 is 0 Å². The minimum absolute atomic E-state index is 0.0106. The van der Waals surface area contributed by atoms with E-state index >= 15 is 0 Å². The molecule has 0 bridgehead atoms. The lowest BCUT2D eigenvalue weighted by Gasteiger charge is -2.18. The third kappa shape index (κ3) is 4.06. The van der Waals surface area contributed by atoms with E-state index in [1.54, 1.807) is 43.1 Å². The highest BCUT2D eigenvalue weighted by Crippen LogP contribution is 2.12. The summed E-state index contributed by atoms with van der Waals surface area (Å²) >= 11 is 0. The van der Waals surface area contributed by atoms with Gasteiger partial charge in [-0.3, -0.25) is 9.59 Å². The van der Waals surface area contributed by atoms with Gasteiger partial charge in [0.2, 0.25) is 5.91 Å². The summed E-state index contributed by atoms with van der Waals surface area (Å²) < 4.78 is 0. The van der Waals surface area contributed by atoms with E-state index in [1.807, 2.05) is 13.8 Å². The Bertz CT molecular complexity index is 453. The summed E-state index contributed by atoms with van der Waals surface area (Å²) in [5.74, 6) is -0.0909. The Balaban J connectivity index is 2.74. The summed E-state index contributed by atoms with van der Waals surface area (Å²) in [5, 5.41) is 5.66. The minimum Gasteiger partial charge on any atom is -0.339 e. The number of hydrogen-bond donors (Lipinski definition) is 2. The highest BCUT2D eigenvalue weighted by molar-refractivity contribution is 5.97. The van der Waals surface area contributed by atoms with Gasteiger partial charge in [0.25, 0.3) is 5.91 Å². The Morgan fingerprint density at radius 2 is 1.70 bits per heavy atom. The molecule has 1 unspecified atom stereocenters. The second-order valence-corrected chi connectivity index (χ2v) is 4.55. The Kier molecular flexibility index (Phi) is 6.18. The van der Waals surface area contributed by atoms with Gasteiger partial charge in [-0.1, -0.05) is 0 Å². The number of carbonyl (C=O) groups is 2. The van der Waals surface area contributed by atoms with Gasteiger partial charge in [-0.25, -0.2) is 0 Å². The number of likely N-dealkylation sites (N-methyl/N-ethyl adjacent to an activating group) is 1. The molecule has 0 aromatic heterocycles. The summed E-state index contributed by atoms with van der Waals surface area (Å²) in [6, 6.07) is 6.71. The molecular formula is C15H23N3O2. The van der Waals surface area contributed by atoms with Gasteiger partial charge in [-0.2, -0.15) is 0 Å². The molecule has 0 saturated carbocycles. The van der Waals surface area contributed by atoms with Crippen molar-refractivity contribution in [3.63, 3.8) is 0 Å². The van der Waals surface area contributed by atoms with Crippen molar-refractivity contribution in [2.75, 3.05) is 25.5 Å². The topological polar surface area (TPSA) is 61.4 Å². The second kappa shape index (κ2) is 7.65. The van der Waals surface area contributed by atoms with Crippen molar-refractivity contribution < 1.29 is 9.59 Å². The lowest BCUT2D eigenvalue weighted by molar-refractivity contribution is -0.117. The van der Waals surface area contributed by atoms with E-state index in [-0.39, 0.29) is 17.9 Å². The number of nitrogens with zero attached hydrogens (tertiary/aromatic N) is 1. The molecule has 20 heavy (non-hydrogen) atoms. The number of rotatable bonds is 6. The fourth-order valence-corrected chi connectivity index (χ4v) is 1.77. The van der Waals surface area contributed by atoms with Gasteiger partial charge in [0, 0.05) is 24.3 Å². The maximum absolute atomic E-state index is 12.1. The monoisotopic (exact) mass is 277 g/mol. The fraction of sp³-hybridized carbons (Fsp3) is 0.467. The van der Waals surface area contributed by atoms with Crippen LogP contribution in [0.3, 0.4) is 0 Å². The van der Waals surface area contributed by atoms with Gasteiger partial charge in [0.15, 0.2) is 0 Å². The maximum atomic E-state index is 12.1. The van der Waals surface area contributed by atoms with Crippen LogP contribution in [0.5, 0.6) is 0 Å². The van der Waals surface area contributed by atoms with Crippen LogP contribution in [0, 0.1) is 0 Å². The molecular weight excluding hydrogens is 254 g/mol. The number of carbonyl (C=O) groups excluding carboxylic acids is 2. The summed E-state index contributed by atoms with van der Waals surface area (Å²) in [7, 11) is 1.73. The van der Waals surface area contributed by atoms with Crippen molar-refractivity contribution in [2.24, 2.45) is 0 Å². The summed E-state index contributed by atoms with van der Waals surface area (Å²) in [6.45, 7) is 7.07. The predicted octanol–water partition coefficient (Wildman–Crippen LogP) is 1.71. The van der Waals surface area contributed by atoms with Gasteiger partial charge < -0.3 is 15.5 Å². The van der Waals surface area contributed by atoms with Crippen LogP contribution < -0.4 is 10.6 Å². The number of benzene rings is 1. The van der Waals surface area contributed by atoms with E-state index in [9.17, 15) is 9.59 Å². The quantitative estimate of drug-likeness (QED) is 0.832. The zero-order valence-electron chi connectivity index (χ0n) is 12.6. The van der Waals surface area contributed by atoms with E-state index in [2.05, 4.69) is 10.6 Å². The zero-order valence-corrected chi connectivity index (χ0v) is 12.6. The molecule has 0 aliphatic heterocycles. The molecule has 2 amide bonds. The van der Waals surface area contributed by atoms with Crippen molar-refractivity contribution in [1.82, 2.24) is 10.2 Å². The minimum atomic E-state index is -0.257. The lowest BCUT2D eigenvalue weighted by Crippen LogP contribution is -2.35. The normalized spacial score (nSPS) is 11.8. The standard InChI is InChI=1S/C15H23N3O2/c1-5-18(6-2)15(20)12-7-9-13(10-8-12)17-14(19)11(3)16-4/h7-11,16H,5-6H2,1-4H3,(H,17,19). The zero-order chi connectivity index (χ0) is 15.1. The largest absolute Gasteiger partial charge is 0.339 e. The highest BCUT2D eigenvalue weighted by Gasteiger charge is 2.13. The summed E-state index contributed by atoms with van der Waals surface area (Å²) in [5.41, 5.74) is 1.32. The fourth-order valence-electron chi connectivity index (χ4n) is 1.77. The van der Waals surface area contributed by atoms with E-state index in [0.717, 1.165) is 0 Å². The molecule has 0 saturated heterocycles. The molecule has 0 aliphatic carbocycles. The first kappa shape index (κ1) is 16.2. The Hall–Kier alpha value is -1.88. The van der Waals surface area contributed by atoms with Crippen LogP contribution in [0.1, 0.15) is 31.1 Å². The Morgan fingerprint density at radius 1 is 1.15 bits per heavy atom. The van der Waals surface area contributed by atoms with E-state index in [0.29, 0.717) is 24.3 Å². The van der Waals surface area contributed by atoms with Gasteiger partial charge in [-0.05, 0) is 52.1 Å². The van der Waals surface area contributed by atoms with Crippen molar-refractivity contribution in [3.05, 3.63) is 29.8 Å². The molecule has 1 aromatic carbocycles. The molecule has 2 N–H and O–H groups in total. The van der Waals surface area contributed by atoms with Crippen LogP contribution in [-0.4, -0.2) is 42.9 Å². The molecule has 0 radical (unpaired) electrons. The summed E-state index contributed by atoms with van der Waals surface area (Å²) in [6.07, 6.45) is 0. The highest BCUT2D eigenvalue weighted by atomic mass is 16.2. The van der Waals surface area contributed by atoms with Gasteiger partial charge >= 0.3 is 0 Å².